The van der Waals surface area contributed by atoms with Crippen LogP contribution < -0.4 is 5.32 Å². The van der Waals surface area contributed by atoms with Crippen molar-refractivity contribution in [1.82, 2.24) is 25.5 Å². The number of aromatic amines is 1. The van der Waals surface area contributed by atoms with Crippen LogP contribution in [-0.2, 0) is 17.8 Å². The molecule has 0 aliphatic carbocycles. The van der Waals surface area contributed by atoms with Crippen molar-refractivity contribution in [3.63, 3.8) is 0 Å². The summed E-state index contributed by atoms with van der Waals surface area (Å²) in [6.07, 6.45) is 3.54. The molecule has 0 unspecified atom stereocenters. The smallest absolute Gasteiger partial charge is 0.227 e. The van der Waals surface area contributed by atoms with E-state index in [1.165, 1.54) is 0 Å². The third-order valence-corrected chi connectivity index (χ3v) is 3.11. The molecule has 0 radical (unpaired) electrons. The number of nitrogens with one attached hydrogen (secondary N) is 2. The van der Waals surface area contributed by atoms with Crippen molar-refractivity contribution in [2.24, 2.45) is 0 Å². The van der Waals surface area contributed by atoms with Crippen LogP contribution in [0, 0.1) is 0 Å². The predicted molar refractivity (Wildman–Crippen MR) is 81.6 cm³/mol. The van der Waals surface area contributed by atoms with Gasteiger partial charge in [-0.15, -0.1) is 0 Å². The summed E-state index contributed by atoms with van der Waals surface area (Å²) in [5.41, 5.74) is 1.87. The Morgan fingerprint density at radius 1 is 1.14 bits per heavy atom. The van der Waals surface area contributed by atoms with Crippen LogP contribution in [0.2, 0.25) is 0 Å². The van der Waals surface area contributed by atoms with Gasteiger partial charge in [0, 0.05) is 24.5 Å². The van der Waals surface area contributed by atoms with Crippen molar-refractivity contribution in [3.8, 4) is 11.4 Å². The van der Waals surface area contributed by atoms with Crippen molar-refractivity contribution in [3.05, 3.63) is 66.2 Å². The molecular weight excluding hydrogens is 278 g/mol. The number of pyridine rings is 1. The fourth-order valence-electron chi connectivity index (χ4n) is 2.01. The number of carbonyl (C=O) groups excluding carboxylic acids is 1. The van der Waals surface area contributed by atoms with Gasteiger partial charge in [0.25, 0.3) is 0 Å². The zero-order chi connectivity index (χ0) is 15.2. The molecule has 1 aromatic carbocycles. The minimum Gasteiger partial charge on any atom is -0.352 e. The first kappa shape index (κ1) is 13.9. The fraction of sp³-hybridized carbons (Fsp3) is 0.125. The monoisotopic (exact) mass is 293 g/mol. The average Bonchev–Trinajstić information content (AvgIpc) is 3.03. The molecule has 0 fully saturated rings. The number of hydrogen-bond acceptors (Lipinski definition) is 4. The van der Waals surface area contributed by atoms with Crippen molar-refractivity contribution in [2.45, 2.75) is 13.0 Å². The van der Waals surface area contributed by atoms with Gasteiger partial charge in [0.2, 0.25) is 5.91 Å². The van der Waals surface area contributed by atoms with E-state index in [2.05, 4.69) is 25.5 Å². The van der Waals surface area contributed by atoms with E-state index in [9.17, 15) is 4.79 Å². The molecule has 2 aromatic heterocycles. The van der Waals surface area contributed by atoms with Gasteiger partial charge < -0.3 is 5.32 Å². The van der Waals surface area contributed by atoms with E-state index in [4.69, 9.17) is 0 Å². The molecule has 0 aliphatic rings. The van der Waals surface area contributed by atoms with Crippen LogP contribution in [0.4, 0.5) is 0 Å². The molecule has 1 amide bonds. The van der Waals surface area contributed by atoms with Crippen LogP contribution in [0.5, 0.6) is 0 Å². The van der Waals surface area contributed by atoms with Crippen molar-refractivity contribution >= 4 is 5.91 Å². The van der Waals surface area contributed by atoms with Crippen LogP contribution in [0.25, 0.3) is 11.4 Å². The largest absolute Gasteiger partial charge is 0.352 e. The van der Waals surface area contributed by atoms with Crippen molar-refractivity contribution < 1.29 is 4.79 Å². The Hall–Kier alpha value is -3.02. The van der Waals surface area contributed by atoms with Crippen LogP contribution in [-0.4, -0.2) is 26.1 Å². The SMILES string of the molecule is O=C(Cc1nc(-c2cccnc2)n[nH]1)NCc1ccccc1. The fourth-order valence-corrected chi connectivity index (χ4v) is 2.01. The lowest BCUT2D eigenvalue weighted by molar-refractivity contribution is -0.120. The highest BCUT2D eigenvalue weighted by Crippen LogP contribution is 2.12. The number of carbonyl (C=O) groups is 1. The maximum atomic E-state index is 11.9. The first-order valence-electron chi connectivity index (χ1n) is 6.93. The van der Waals surface area contributed by atoms with E-state index >= 15 is 0 Å². The highest BCUT2D eigenvalue weighted by Gasteiger charge is 2.09. The van der Waals surface area contributed by atoms with Gasteiger partial charge in [-0.1, -0.05) is 30.3 Å². The van der Waals surface area contributed by atoms with E-state index in [0.717, 1.165) is 11.1 Å². The number of H-pyrrole nitrogens is 1. The molecular formula is C16H15N5O. The van der Waals surface area contributed by atoms with Gasteiger partial charge in [-0.25, -0.2) is 4.98 Å². The summed E-state index contributed by atoms with van der Waals surface area (Å²) >= 11 is 0. The minimum absolute atomic E-state index is 0.0993. The number of amides is 1. The summed E-state index contributed by atoms with van der Waals surface area (Å²) in [5, 5.41) is 9.74. The predicted octanol–water partition coefficient (Wildman–Crippen LogP) is 1.73. The standard InChI is InChI=1S/C16H15N5O/c22-15(18-10-12-5-2-1-3-6-12)9-14-19-16(21-20-14)13-7-4-8-17-11-13/h1-8,11H,9-10H2,(H,18,22)(H,19,20,21). The zero-order valence-corrected chi connectivity index (χ0v) is 11.9. The lowest BCUT2D eigenvalue weighted by Gasteiger charge is -2.03. The third-order valence-electron chi connectivity index (χ3n) is 3.11. The van der Waals surface area contributed by atoms with E-state index in [0.29, 0.717) is 18.2 Å². The van der Waals surface area contributed by atoms with Gasteiger partial charge in [0.05, 0.1) is 6.42 Å². The second kappa shape index (κ2) is 6.62. The Labute approximate surface area is 127 Å². The Morgan fingerprint density at radius 2 is 2.00 bits per heavy atom. The number of hydrogen-bond donors (Lipinski definition) is 2. The van der Waals surface area contributed by atoms with Crippen LogP contribution in [0.15, 0.2) is 54.9 Å². The van der Waals surface area contributed by atoms with E-state index in [-0.39, 0.29) is 12.3 Å². The molecule has 0 saturated heterocycles. The Morgan fingerprint density at radius 3 is 2.77 bits per heavy atom. The Kier molecular flexibility index (Phi) is 4.20. The van der Waals surface area contributed by atoms with Gasteiger partial charge >= 0.3 is 0 Å². The van der Waals surface area contributed by atoms with Crippen LogP contribution >= 0.6 is 0 Å². The Balaban J connectivity index is 1.57. The molecule has 0 aliphatic heterocycles. The van der Waals surface area contributed by atoms with E-state index in [1.807, 2.05) is 42.5 Å². The third kappa shape index (κ3) is 3.54. The highest BCUT2D eigenvalue weighted by atomic mass is 16.1. The molecule has 0 bridgehead atoms. The summed E-state index contributed by atoms with van der Waals surface area (Å²) in [5.74, 6) is 0.973. The van der Waals surface area contributed by atoms with Crippen molar-refractivity contribution in [2.75, 3.05) is 0 Å². The molecule has 0 saturated carbocycles. The lowest BCUT2D eigenvalue weighted by atomic mass is 10.2. The summed E-state index contributed by atoms with van der Waals surface area (Å²) in [4.78, 5) is 20.2. The molecule has 3 aromatic rings. The second-order valence-electron chi connectivity index (χ2n) is 4.79. The number of benzene rings is 1. The van der Waals surface area contributed by atoms with Crippen molar-refractivity contribution in [1.29, 1.82) is 0 Å². The molecule has 3 rings (SSSR count). The first-order chi connectivity index (χ1) is 10.8. The summed E-state index contributed by atoms with van der Waals surface area (Å²) in [6, 6.07) is 13.5. The number of aromatic nitrogens is 4. The lowest BCUT2D eigenvalue weighted by Crippen LogP contribution is -2.24. The van der Waals surface area contributed by atoms with E-state index in [1.54, 1.807) is 12.4 Å². The Bertz CT molecular complexity index is 739. The van der Waals surface area contributed by atoms with Crippen LogP contribution in [0.3, 0.4) is 0 Å². The van der Waals surface area contributed by atoms with Gasteiger partial charge in [-0.3, -0.25) is 14.9 Å². The summed E-state index contributed by atoms with van der Waals surface area (Å²) < 4.78 is 0. The number of rotatable bonds is 5. The maximum Gasteiger partial charge on any atom is 0.227 e. The van der Waals surface area contributed by atoms with Gasteiger partial charge in [0.15, 0.2) is 5.82 Å². The zero-order valence-electron chi connectivity index (χ0n) is 11.9. The summed E-state index contributed by atoms with van der Waals surface area (Å²) in [6.45, 7) is 0.503. The molecule has 22 heavy (non-hydrogen) atoms. The number of nitrogens with zero attached hydrogens (tertiary/aromatic N) is 3. The average molecular weight is 293 g/mol. The second-order valence-corrected chi connectivity index (χ2v) is 4.79. The molecule has 2 heterocycles. The van der Waals surface area contributed by atoms with Gasteiger partial charge in [0.1, 0.15) is 5.82 Å². The highest BCUT2D eigenvalue weighted by molar-refractivity contribution is 5.77. The van der Waals surface area contributed by atoms with Crippen LogP contribution in [0.1, 0.15) is 11.4 Å². The molecule has 0 atom stereocenters. The van der Waals surface area contributed by atoms with Gasteiger partial charge in [-0.2, -0.15) is 5.10 Å². The minimum atomic E-state index is -0.0993. The molecule has 6 heteroatoms. The quantitative estimate of drug-likeness (QED) is 0.750. The topological polar surface area (TPSA) is 83.6 Å². The van der Waals surface area contributed by atoms with Gasteiger partial charge in [-0.05, 0) is 17.7 Å². The molecule has 6 nitrogen and oxygen atoms in total. The normalized spacial score (nSPS) is 10.4. The molecule has 0 spiro atoms. The molecule has 110 valence electrons. The molecule has 2 N–H and O–H groups in total. The first-order valence-corrected chi connectivity index (χ1v) is 6.93. The summed E-state index contributed by atoms with van der Waals surface area (Å²) in [7, 11) is 0. The van der Waals surface area contributed by atoms with E-state index < -0.39 is 0 Å². The maximum absolute atomic E-state index is 11.9.